The molecule has 2 aliphatic rings. The lowest BCUT2D eigenvalue weighted by atomic mass is 9.63. The maximum atomic E-state index is 11.4. The largest absolute Gasteiger partial charge is 0.381 e. The molecule has 2 fully saturated rings. The van der Waals surface area contributed by atoms with E-state index in [0.29, 0.717) is 5.92 Å². The zero-order chi connectivity index (χ0) is 10.7. The molecule has 0 spiro atoms. The van der Waals surface area contributed by atoms with E-state index >= 15 is 0 Å². The van der Waals surface area contributed by atoms with Crippen LogP contribution in [0.4, 0.5) is 0 Å². The van der Waals surface area contributed by atoms with Crippen LogP contribution in [0.2, 0.25) is 0 Å². The van der Waals surface area contributed by atoms with E-state index in [2.05, 4.69) is 6.92 Å². The summed E-state index contributed by atoms with van der Waals surface area (Å²) >= 11 is 0. The number of carbonyl (C=O) groups excluding carboxylic acids is 1. The maximum absolute atomic E-state index is 11.4. The van der Waals surface area contributed by atoms with Gasteiger partial charge in [0.05, 0.1) is 6.61 Å². The van der Waals surface area contributed by atoms with Crippen molar-refractivity contribution in [3.63, 3.8) is 0 Å². The molecule has 1 atom stereocenters. The number of carbonyl (C=O) groups is 1. The highest BCUT2D eigenvalue weighted by molar-refractivity contribution is 5.60. The molecule has 0 N–H and O–H groups in total. The Labute approximate surface area is 92.4 Å². The lowest BCUT2D eigenvalue weighted by Gasteiger charge is -2.42. The molecule has 2 nitrogen and oxygen atoms in total. The van der Waals surface area contributed by atoms with Crippen LogP contribution in [0.5, 0.6) is 0 Å². The van der Waals surface area contributed by atoms with Crippen LogP contribution in [-0.4, -0.2) is 19.5 Å². The van der Waals surface area contributed by atoms with Gasteiger partial charge in [-0.05, 0) is 50.4 Å². The summed E-state index contributed by atoms with van der Waals surface area (Å²) in [4.78, 5) is 11.4. The molecular formula is C13H22O2. The standard InChI is InChI=1S/C13H22O2/c1-11-4-6-13(10-14,7-5-11)12-3-2-8-15-9-12/h10-12H,2-9H2,1H3. The Morgan fingerprint density at radius 3 is 2.53 bits per heavy atom. The van der Waals surface area contributed by atoms with Gasteiger partial charge in [0, 0.05) is 12.0 Å². The first-order valence-corrected chi connectivity index (χ1v) is 6.31. The predicted molar refractivity (Wildman–Crippen MR) is 59.7 cm³/mol. The Hall–Kier alpha value is -0.370. The summed E-state index contributed by atoms with van der Waals surface area (Å²) < 4.78 is 5.53. The van der Waals surface area contributed by atoms with Gasteiger partial charge in [0.25, 0.3) is 0 Å². The van der Waals surface area contributed by atoms with Crippen LogP contribution in [0.1, 0.15) is 45.4 Å². The highest BCUT2D eigenvalue weighted by Gasteiger charge is 2.41. The third kappa shape index (κ3) is 2.25. The zero-order valence-electron chi connectivity index (χ0n) is 9.71. The monoisotopic (exact) mass is 210 g/mol. The van der Waals surface area contributed by atoms with E-state index < -0.39 is 0 Å². The first-order valence-electron chi connectivity index (χ1n) is 6.31. The number of aldehydes is 1. The molecule has 2 rings (SSSR count). The van der Waals surface area contributed by atoms with Crippen molar-refractivity contribution in [2.75, 3.05) is 13.2 Å². The van der Waals surface area contributed by atoms with Crippen LogP contribution in [0.15, 0.2) is 0 Å². The average Bonchev–Trinajstić information content (AvgIpc) is 2.32. The molecule has 0 aromatic rings. The topological polar surface area (TPSA) is 26.3 Å². The molecule has 86 valence electrons. The van der Waals surface area contributed by atoms with Crippen molar-refractivity contribution in [3.05, 3.63) is 0 Å². The second kappa shape index (κ2) is 4.65. The summed E-state index contributed by atoms with van der Waals surface area (Å²) in [5, 5.41) is 0. The molecule has 0 bridgehead atoms. The van der Waals surface area contributed by atoms with Crippen molar-refractivity contribution in [2.45, 2.75) is 45.4 Å². The molecule has 0 amide bonds. The molecular weight excluding hydrogens is 188 g/mol. The van der Waals surface area contributed by atoms with Gasteiger partial charge >= 0.3 is 0 Å². The molecule has 15 heavy (non-hydrogen) atoms. The number of hydrogen-bond acceptors (Lipinski definition) is 2. The SMILES string of the molecule is CC1CCC(C=O)(C2CCCOC2)CC1. The summed E-state index contributed by atoms with van der Waals surface area (Å²) in [6, 6.07) is 0. The quantitative estimate of drug-likeness (QED) is 0.655. The average molecular weight is 210 g/mol. The van der Waals surface area contributed by atoms with Gasteiger partial charge in [0.15, 0.2) is 0 Å². The van der Waals surface area contributed by atoms with Crippen LogP contribution >= 0.6 is 0 Å². The van der Waals surface area contributed by atoms with Crippen molar-refractivity contribution in [2.24, 2.45) is 17.3 Å². The molecule has 1 unspecified atom stereocenters. The van der Waals surface area contributed by atoms with Gasteiger partial charge in [-0.25, -0.2) is 0 Å². The Balaban J connectivity index is 2.03. The van der Waals surface area contributed by atoms with Crippen molar-refractivity contribution in [1.29, 1.82) is 0 Å². The van der Waals surface area contributed by atoms with E-state index in [-0.39, 0.29) is 5.41 Å². The first-order chi connectivity index (χ1) is 7.27. The second-order valence-electron chi connectivity index (χ2n) is 5.45. The van der Waals surface area contributed by atoms with E-state index in [1.807, 2.05) is 0 Å². The highest BCUT2D eigenvalue weighted by atomic mass is 16.5. The minimum atomic E-state index is -0.0348. The first kappa shape index (κ1) is 11.1. The zero-order valence-corrected chi connectivity index (χ0v) is 9.71. The molecule has 0 aromatic heterocycles. The van der Waals surface area contributed by atoms with Gasteiger partial charge in [-0.3, -0.25) is 0 Å². The van der Waals surface area contributed by atoms with E-state index in [1.54, 1.807) is 0 Å². The van der Waals surface area contributed by atoms with Crippen LogP contribution < -0.4 is 0 Å². The van der Waals surface area contributed by atoms with Gasteiger partial charge in [-0.2, -0.15) is 0 Å². The Morgan fingerprint density at radius 2 is 2.00 bits per heavy atom. The van der Waals surface area contributed by atoms with Crippen LogP contribution in [0.3, 0.4) is 0 Å². The van der Waals surface area contributed by atoms with Gasteiger partial charge in [0.1, 0.15) is 6.29 Å². The fourth-order valence-electron chi connectivity index (χ4n) is 3.12. The number of hydrogen-bond donors (Lipinski definition) is 0. The van der Waals surface area contributed by atoms with Crippen molar-refractivity contribution in [3.8, 4) is 0 Å². The lowest BCUT2D eigenvalue weighted by molar-refractivity contribution is -0.126. The summed E-state index contributed by atoms with van der Waals surface area (Å²) in [6.07, 6.45) is 8.18. The molecule has 1 saturated carbocycles. The smallest absolute Gasteiger partial charge is 0.126 e. The molecule has 1 saturated heterocycles. The number of ether oxygens (including phenoxy) is 1. The normalized spacial score (nSPS) is 42.5. The molecule has 1 aliphatic heterocycles. The summed E-state index contributed by atoms with van der Waals surface area (Å²) in [7, 11) is 0. The van der Waals surface area contributed by atoms with E-state index in [1.165, 1.54) is 25.5 Å². The minimum Gasteiger partial charge on any atom is -0.381 e. The van der Waals surface area contributed by atoms with Crippen LogP contribution in [-0.2, 0) is 9.53 Å². The van der Waals surface area contributed by atoms with Gasteiger partial charge < -0.3 is 9.53 Å². The molecule has 0 aromatic carbocycles. The summed E-state index contributed by atoms with van der Waals surface area (Å²) in [5.41, 5.74) is -0.0348. The third-order valence-corrected chi connectivity index (χ3v) is 4.41. The summed E-state index contributed by atoms with van der Waals surface area (Å²) in [6.45, 7) is 4.00. The molecule has 2 heteroatoms. The van der Waals surface area contributed by atoms with Gasteiger partial charge in [-0.1, -0.05) is 6.92 Å². The fourth-order valence-corrected chi connectivity index (χ4v) is 3.12. The lowest BCUT2D eigenvalue weighted by Crippen LogP contribution is -2.40. The number of rotatable bonds is 2. The van der Waals surface area contributed by atoms with Crippen molar-refractivity contribution < 1.29 is 9.53 Å². The van der Waals surface area contributed by atoms with E-state index in [9.17, 15) is 4.79 Å². The third-order valence-electron chi connectivity index (χ3n) is 4.41. The van der Waals surface area contributed by atoms with Crippen LogP contribution in [0, 0.1) is 17.3 Å². The molecule has 0 radical (unpaired) electrons. The molecule has 1 aliphatic carbocycles. The minimum absolute atomic E-state index is 0.0348. The van der Waals surface area contributed by atoms with E-state index in [4.69, 9.17) is 4.74 Å². The van der Waals surface area contributed by atoms with Crippen molar-refractivity contribution >= 4 is 6.29 Å². The molecule has 1 heterocycles. The fraction of sp³-hybridized carbons (Fsp3) is 0.923. The summed E-state index contributed by atoms with van der Waals surface area (Å²) in [5.74, 6) is 1.30. The maximum Gasteiger partial charge on any atom is 0.126 e. The van der Waals surface area contributed by atoms with E-state index in [0.717, 1.165) is 38.4 Å². The van der Waals surface area contributed by atoms with Gasteiger partial charge in [-0.15, -0.1) is 0 Å². The van der Waals surface area contributed by atoms with Crippen LogP contribution in [0.25, 0.3) is 0 Å². The Kier molecular flexibility index (Phi) is 3.45. The van der Waals surface area contributed by atoms with Crippen molar-refractivity contribution in [1.82, 2.24) is 0 Å². The van der Waals surface area contributed by atoms with Gasteiger partial charge in [0.2, 0.25) is 0 Å². The predicted octanol–water partition coefficient (Wildman–Crippen LogP) is 2.81. The highest BCUT2D eigenvalue weighted by Crippen LogP contribution is 2.45. The Bertz CT molecular complexity index is 211. The Morgan fingerprint density at radius 1 is 1.27 bits per heavy atom. The second-order valence-corrected chi connectivity index (χ2v) is 5.45.